The molecule has 0 saturated carbocycles. The number of benzene rings is 7. The largest absolute Gasteiger partial charge is 0.399 e. The van der Waals surface area contributed by atoms with Gasteiger partial charge in [0.2, 0.25) is 0 Å². The van der Waals surface area contributed by atoms with E-state index in [0.717, 1.165) is 78.2 Å². The number of fused-ring (bicyclic) bond motifs is 2. The van der Waals surface area contributed by atoms with Gasteiger partial charge in [0.25, 0.3) is 0 Å². The minimum absolute atomic E-state index is 0.739. The first-order valence-electron chi connectivity index (χ1n) is 16.9. The zero-order chi connectivity index (χ0) is 33.6. The van der Waals surface area contributed by atoms with Crippen molar-refractivity contribution in [2.75, 3.05) is 11.5 Å². The highest BCUT2D eigenvalue weighted by Crippen LogP contribution is 2.48. The molecule has 4 heteroatoms. The lowest BCUT2D eigenvalue weighted by atomic mass is 9.96. The van der Waals surface area contributed by atoms with E-state index in [9.17, 15) is 0 Å². The van der Waals surface area contributed by atoms with E-state index in [2.05, 4.69) is 167 Å². The van der Waals surface area contributed by atoms with E-state index in [-0.39, 0.29) is 0 Å². The van der Waals surface area contributed by atoms with E-state index in [0.29, 0.717) is 0 Å². The lowest BCUT2D eigenvalue weighted by Crippen LogP contribution is -1.98. The highest BCUT2D eigenvalue weighted by molar-refractivity contribution is 6.15. The van der Waals surface area contributed by atoms with Crippen LogP contribution in [0.15, 0.2) is 182 Å². The summed E-state index contributed by atoms with van der Waals surface area (Å²) in [5.74, 6) is 0. The van der Waals surface area contributed by atoms with Gasteiger partial charge >= 0.3 is 0 Å². The topological polar surface area (TPSA) is 61.9 Å². The Morgan fingerprint density at radius 3 is 0.980 bits per heavy atom. The van der Waals surface area contributed by atoms with Gasteiger partial charge in [-0.15, -0.1) is 0 Å². The summed E-state index contributed by atoms with van der Waals surface area (Å²) in [4.78, 5) is 0. The second-order valence-corrected chi connectivity index (χ2v) is 12.7. The summed E-state index contributed by atoms with van der Waals surface area (Å²) in [6.07, 6.45) is 0. The Bertz CT molecular complexity index is 2280. The van der Waals surface area contributed by atoms with Crippen molar-refractivity contribution in [3.63, 3.8) is 0 Å². The number of nitrogens with two attached hydrogens (primary N) is 2. The summed E-state index contributed by atoms with van der Waals surface area (Å²) in [5, 5.41) is 2.33. The Balaban J connectivity index is 1.52. The van der Waals surface area contributed by atoms with Crippen LogP contribution in [0.4, 0.5) is 11.4 Å². The van der Waals surface area contributed by atoms with Crippen molar-refractivity contribution in [1.82, 2.24) is 9.13 Å². The van der Waals surface area contributed by atoms with Crippen LogP contribution in [0.25, 0.3) is 77.9 Å². The molecule has 2 heterocycles. The maximum Gasteiger partial charge on any atom is 0.0619 e. The van der Waals surface area contributed by atoms with Crippen LogP contribution in [0.3, 0.4) is 0 Å². The summed E-state index contributed by atoms with van der Waals surface area (Å²) < 4.78 is 4.83. The zero-order valence-corrected chi connectivity index (χ0v) is 27.4. The molecule has 0 radical (unpaired) electrons. The highest BCUT2D eigenvalue weighted by atomic mass is 15.0. The van der Waals surface area contributed by atoms with Crippen LogP contribution in [0, 0.1) is 0 Å². The molecule has 50 heavy (non-hydrogen) atoms. The maximum absolute atomic E-state index is 6.23. The Hall–Kier alpha value is -6.78. The highest BCUT2D eigenvalue weighted by Gasteiger charge is 2.27. The normalized spacial score (nSPS) is 11.4. The molecule has 4 N–H and O–H groups in total. The molecule has 0 atom stereocenters. The molecule has 0 bridgehead atoms. The fourth-order valence-corrected chi connectivity index (χ4v) is 7.38. The van der Waals surface area contributed by atoms with Gasteiger partial charge in [0.05, 0.1) is 22.4 Å². The molecule has 9 rings (SSSR count). The Morgan fingerprint density at radius 2 is 0.640 bits per heavy atom. The SMILES string of the molecule is Nc1ccc(-c2c(-c3ccccc3)c3cc4c(cc3n2-c2ccccc2)c(-c2ccccc2)c(-c2ccc(N)cc2)n4-c2ccccc2)cc1. The maximum atomic E-state index is 6.23. The Kier molecular flexibility index (Phi) is 7.07. The summed E-state index contributed by atoms with van der Waals surface area (Å²) >= 11 is 0. The minimum atomic E-state index is 0.739. The van der Waals surface area contributed by atoms with E-state index in [1.165, 1.54) is 11.1 Å². The molecule has 7 aromatic carbocycles. The average molecular weight is 643 g/mol. The standard InChI is InChI=1S/C46H34N4/c47-35-25-21-33(22-26-35)45-43(31-13-5-1-6-14-31)39-29-42-40(30-41(39)49(45)37-17-9-3-10-18-37)44(32-15-7-2-8-16-32)46(34-23-27-36(48)28-24-34)50(42)38-19-11-4-12-20-38/h1-30H,47-48H2. The molecule has 0 fully saturated rings. The lowest BCUT2D eigenvalue weighted by Gasteiger charge is -2.14. The van der Waals surface area contributed by atoms with Gasteiger partial charge in [0.1, 0.15) is 0 Å². The number of anilines is 2. The molecule has 0 saturated heterocycles. The smallest absolute Gasteiger partial charge is 0.0619 e. The average Bonchev–Trinajstić information content (AvgIpc) is 3.68. The number of rotatable bonds is 6. The molecule has 9 aromatic rings. The van der Waals surface area contributed by atoms with Gasteiger partial charge in [0, 0.05) is 44.6 Å². The fourth-order valence-electron chi connectivity index (χ4n) is 7.38. The van der Waals surface area contributed by atoms with Crippen LogP contribution in [0.1, 0.15) is 0 Å². The number of aromatic nitrogens is 2. The predicted molar refractivity (Wildman–Crippen MR) is 211 cm³/mol. The second kappa shape index (κ2) is 12.0. The van der Waals surface area contributed by atoms with Crippen LogP contribution in [0.2, 0.25) is 0 Å². The Morgan fingerprint density at radius 1 is 0.320 bits per heavy atom. The molecule has 0 amide bonds. The lowest BCUT2D eigenvalue weighted by molar-refractivity contribution is 1.13. The molecule has 0 aliphatic carbocycles. The molecule has 0 unspecified atom stereocenters. The molecular weight excluding hydrogens is 609 g/mol. The molecule has 2 aromatic heterocycles. The third kappa shape index (κ3) is 4.85. The van der Waals surface area contributed by atoms with Gasteiger partial charge in [-0.25, -0.2) is 0 Å². The molecule has 4 nitrogen and oxygen atoms in total. The predicted octanol–water partition coefficient (Wildman–Crippen LogP) is 11.4. The van der Waals surface area contributed by atoms with E-state index < -0.39 is 0 Å². The number of hydrogen-bond donors (Lipinski definition) is 2. The zero-order valence-electron chi connectivity index (χ0n) is 27.4. The molecule has 0 aliphatic heterocycles. The quantitative estimate of drug-likeness (QED) is 0.177. The van der Waals surface area contributed by atoms with Crippen LogP contribution in [-0.4, -0.2) is 9.13 Å². The third-order valence-corrected chi connectivity index (χ3v) is 9.58. The van der Waals surface area contributed by atoms with Crippen LogP contribution < -0.4 is 11.5 Å². The summed E-state index contributed by atoms with van der Waals surface area (Å²) in [6, 6.07) is 64.0. The summed E-state index contributed by atoms with van der Waals surface area (Å²) in [7, 11) is 0. The van der Waals surface area contributed by atoms with Gasteiger partial charge in [-0.05, 0) is 82.9 Å². The van der Waals surface area contributed by atoms with Gasteiger partial charge in [0.15, 0.2) is 0 Å². The van der Waals surface area contributed by atoms with Gasteiger partial charge < -0.3 is 20.6 Å². The molecule has 0 spiro atoms. The fraction of sp³-hybridized carbons (Fsp3) is 0. The molecule has 238 valence electrons. The third-order valence-electron chi connectivity index (χ3n) is 9.58. The van der Waals surface area contributed by atoms with Crippen molar-refractivity contribution in [2.45, 2.75) is 0 Å². The van der Waals surface area contributed by atoms with E-state index in [1.54, 1.807) is 0 Å². The monoisotopic (exact) mass is 642 g/mol. The molecular formula is C46H34N4. The summed E-state index contributed by atoms with van der Waals surface area (Å²) in [5.41, 5.74) is 27.5. The van der Waals surface area contributed by atoms with Crippen LogP contribution in [-0.2, 0) is 0 Å². The van der Waals surface area contributed by atoms with E-state index >= 15 is 0 Å². The number of nitrogens with zero attached hydrogens (tertiary/aromatic N) is 2. The van der Waals surface area contributed by atoms with Crippen LogP contribution >= 0.6 is 0 Å². The first-order valence-corrected chi connectivity index (χ1v) is 16.9. The van der Waals surface area contributed by atoms with E-state index in [1.807, 2.05) is 24.3 Å². The first-order chi connectivity index (χ1) is 24.7. The summed E-state index contributed by atoms with van der Waals surface area (Å²) in [6.45, 7) is 0. The second-order valence-electron chi connectivity index (χ2n) is 12.7. The van der Waals surface area contributed by atoms with Crippen molar-refractivity contribution >= 4 is 33.2 Å². The number of nitrogen functional groups attached to an aromatic ring is 2. The van der Waals surface area contributed by atoms with Crippen molar-refractivity contribution in [3.8, 4) is 56.1 Å². The van der Waals surface area contributed by atoms with Crippen molar-refractivity contribution < 1.29 is 0 Å². The van der Waals surface area contributed by atoms with Crippen LogP contribution in [0.5, 0.6) is 0 Å². The van der Waals surface area contributed by atoms with Crippen molar-refractivity contribution in [3.05, 3.63) is 182 Å². The van der Waals surface area contributed by atoms with Crippen molar-refractivity contribution in [1.29, 1.82) is 0 Å². The van der Waals surface area contributed by atoms with Crippen molar-refractivity contribution in [2.24, 2.45) is 0 Å². The first kappa shape index (κ1) is 29.4. The minimum Gasteiger partial charge on any atom is -0.399 e. The Labute approximate surface area is 291 Å². The van der Waals surface area contributed by atoms with E-state index in [4.69, 9.17) is 11.5 Å². The number of hydrogen-bond acceptors (Lipinski definition) is 2. The molecule has 0 aliphatic rings. The number of para-hydroxylation sites is 2. The van der Waals surface area contributed by atoms with Gasteiger partial charge in [-0.3, -0.25) is 0 Å². The van der Waals surface area contributed by atoms with Gasteiger partial charge in [-0.2, -0.15) is 0 Å². The van der Waals surface area contributed by atoms with Gasteiger partial charge in [-0.1, -0.05) is 121 Å².